The lowest BCUT2D eigenvalue weighted by Crippen LogP contribution is -2.34. The summed E-state index contributed by atoms with van der Waals surface area (Å²) in [5.74, 6) is 0.858. The normalized spacial score (nSPS) is 12.2. The fraction of sp³-hybridized carbons (Fsp3) is 0.542. The fourth-order valence-corrected chi connectivity index (χ4v) is 4.20. The predicted molar refractivity (Wildman–Crippen MR) is 132 cm³/mol. The summed E-state index contributed by atoms with van der Waals surface area (Å²) in [6, 6.07) is 6.80. The van der Waals surface area contributed by atoms with Crippen molar-refractivity contribution in [1.29, 1.82) is 0 Å². The van der Waals surface area contributed by atoms with Crippen molar-refractivity contribution < 1.29 is 14.7 Å². The van der Waals surface area contributed by atoms with Crippen LogP contribution < -0.4 is 5.32 Å². The molecule has 0 aliphatic heterocycles. The van der Waals surface area contributed by atoms with Gasteiger partial charge in [-0.25, -0.2) is 9.78 Å². The number of hydrogen-bond donors (Lipinski definition) is 3. The Hall–Kier alpha value is -1.99. The summed E-state index contributed by atoms with van der Waals surface area (Å²) in [6.45, 7) is 7.32. The molecule has 1 unspecified atom stereocenters. The van der Waals surface area contributed by atoms with Gasteiger partial charge >= 0.3 is 5.97 Å². The van der Waals surface area contributed by atoms with E-state index in [1.165, 1.54) is 0 Å². The molecule has 2 N–H and O–H groups in total. The van der Waals surface area contributed by atoms with Crippen LogP contribution in [0.1, 0.15) is 67.5 Å². The number of aromatic carboxylic acids is 1. The SMILES string of the molecule is CCCCc1nc(CCNC(=O)C(CS)CC(C)C)c(Cl)n1Cc1ccc(C(=O)O)cc1. The van der Waals surface area contributed by atoms with E-state index in [2.05, 4.69) is 38.7 Å². The minimum Gasteiger partial charge on any atom is -0.478 e. The van der Waals surface area contributed by atoms with Gasteiger partial charge in [0.1, 0.15) is 11.0 Å². The van der Waals surface area contributed by atoms with Gasteiger partial charge in [-0.1, -0.05) is 50.9 Å². The van der Waals surface area contributed by atoms with E-state index in [1.54, 1.807) is 24.3 Å². The van der Waals surface area contributed by atoms with Crippen molar-refractivity contribution in [2.24, 2.45) is 11.8 Å². The topological polar surface area (TPSA) is 84.2 Å². The lowest BCUT2D eigenvalue weighted by molar-refractivity contribution is -0.124. The summed E-state index contributed by atoms with van der Waals surface area (Å²) in [4.78, 5) is 28.3. The number of hydrogen-bond acceptors (Lipinski definition) is 4. The minimum atomic E-state index is -0.946. The molecule has 0 aliphatic carbocycles. The molecule has 176 valence electrons. The number of aromatic nitrogens is 2. The molecule has 2 aromatic rings. The number of halogens is 1. The van der Waals surface area contributed by atoms with Crippen molar-refractivity contribution >= 4 is 36.1 Å². The van der Waals surface area contributed by atoms with Crippen molar-refractivity contribution in [2.45, 2.75) is 59.4 Å². The van der Waals surface area contributed by atoms with Crippen molar-refractivity contribution in [3.05, 3.63) is 52.1 Å². The second-order valence-electron chi connectivity index (χ2n) is 8.51. The number of thiol groups is 1. The zero-order valence-electron chi connectivity index (χ0n) is 19.1. The first kappa shape index (κ1) is 26.3. The summed E-state index contributed by atoms with van der Waals surface area (Å²) in [6.07, 6.45) is 4.22. The zero-order valence-corrected chi connectivity index (χ0v) is 20.8. The molecule has 0 fully saturated rings. The molecule has 0 bridgehead atoms. The Balaban J connectivity index is 2.10. The Morgan fingerprint density at radius 3 is 2.47 bits per heavy atom. The van der Waals surface area contributed by atoms with Crippen molar-refractivity contribution in [3.63, 3.8) is 0 Å². The standard InChI is InChI=1S/C24H34ClN3O3S/c1-4-5-6-21-27-20(11-12-26-23(29)19(15-32)13-16(2)3)22(25)28(21)14-17-7-9-18(10-8-17)24(30)31/h7-10,16,19,32H,4-6,11-15H2,1-3H3,(H,26,29)(H,30,31). The van der Waals surface area contributed by atoms with E-state index < -0.39 is 5.97 Å². The Kier molecular flexibility index (Phi) is 10.6. The minimum absolute atomic E-state index is 0.0222. The van der Waals surface area contributed by atoms with Crippen LogP contribution in [0.5, 0.6) is 0 Å². The molecule has 0 spiro atoms. The van der Waals surface area contributed by atoms with E-state index in [9.17, 15) is 9.59 Å². The second-order valence-corrected chi connectivity index (χ2v) is 9.23. The molecule has 2 rings (SSSR count). The number of nitrogens with one attached hydrogen (secondary N) is 1. The van der Waals surface area contributed by atoms with E-state index in [0.29, 0.717) is 36.3 Å². The van der Waals surface area contributed by atoms with Gasteiger partial charge in [-0.2, -0.15) is 12.6 Å². The quantitative estimate of drug-likeness (QED) is 0.357. The molecule has 1 heterocycles. The average Bonchev–Trinajstić information content (AvgIpc) is 3.05. The van der Waals surface area contributed by atoms with Crippen LogP contribution in [-0.2, 0) is 24.2 Å². The first-order chi connectivity index (χ1) is 15.3. The van der Waals surface area contributed by atoms with Crippen LogP contribution in [0.25, 0.3) is 0 Å². The van der Waals surface area contributed by atoms with Gasteiger partial charge in [0.2, 0.25) is 5.91 Å². The number of imidazole rings is 1. The highest BCUT2D eigenvalue weighted by molar-refractivity contribution is 7.80. The first-order valence-corrected chi connectivity index (χ1v) is 12.2. The van der Waals surface area contributed by atoms with Gasteiger partial charge in [0.15, 0.2) is 0 Å². The first-order valence-electron chi connectivity index (χ1n) is 11.2. The Morgan fingerprint density at radius 1 is 1.22 bits per heavy atom. The third-order valence-corrected chi connectivity index (χ3v) is 6.22. The lowest BCUT2D eigenvalue weighted by atomic mass is 9.98. The molecule has 1 atom stereocenters. The third kappa shape index (κ3) is 7.55. The van der Waals surface area contributed by atoms with Gasteiger partial charge in [0.05, 0.1) is 17.8 Å². The molecule has 0 saturated carbocycles. The molecule has 0 radical (unpaired) electrons. The lowest BCUT2D eigenvalue weighted by Gasteiger charge is -2.16. The van der Waals surface area contributed by atoms with E-state index in [0.717, 1.165) is 42.8 Å². The van der Waals surface area contributed by atoms with Crippen molar-refractivity contribution in [3.8, 4) is 0 Å². The molecular formula is C24H34ClN3O3S. The average molecular weight is 480 g/mol. The number of aryl methyl sites for hydroxylation is 1. The molecule has 32 heavy (non-hydrogen) atoms. The highest BCUT2D eigenvalue weighted by Crippen LogP contribution is 2.22. The number of carbonyl (C=O) groups is 2. The zero-order chi connectivity index (χ0) is 23.7. The summed E-state index contributed by atoms with van der Waals surface area (Å²) < 4.78 is 1.99. The summed E-state index contributed by atoms with van der Waals surface area (Å²) in [5, 5.41) is 12.7. The number of amides is 1. The van der Waals surface area contributed by atoms with Gasteiger partial charge in [0, 0.05) is 31.1 Å². The van der Waals surface area contributed by atoms with Crippen molar-refractivity contribution in [1.82, 2.24) is 14.9 Å². The molecular weight excluding hydrogens is 446 g/mol. The van der Waals surface area contributed by atoms with E-state index in [-0.39, 0.29) is 17.4 Å². The second kappa shape index (κ2) is 12.9. The van der Waals surface area contributed by atoms with Gasteiger partial charge in [-0.15, -0.1) is 0 Å². The van der Waals surface area contributed by atoms with Crippen LogP contribution in [0.4, 0.5) is 0 Å². The summed E-state index contributed by atoms with van der Waals surface area (Å²) >= 11 is 11.0. The molecule has 0 saturated heterocycles. The van der Waals surface area contributed by atoms with Gasteiger partial charge in [-0.05, 0) is 36.5 Å². The summed E-state index contributed by atoms with van der Waals surface area (Å²) in [5.41, 5.74) is 1.98. The Labute approximate surface area is 201 Å². The van der Waals surface area contributed by atoms with Crippen LogP contribution in [0.2, 0.25) is 5.15 Å². The number of nitrogens with zero attached hydrogens (tertiary/aromatic N) is 2. The van der Waals surface area contributed by atoms with Gasteiger partial charge < -0.3 is 15.0 Å². The molecule has 1 aromatic heterocycles. The summed E-state index contributed by atoms with van der Waals surface area (Å²) in [7, 11) is 0. The smallest absolute Gasteiger partial charge is 0.335 e. The Bertz CT molecular complexity index is 897. The van der Waals surface area contributed by atoms with Crippen LogP contribution >= 0.6 is 24.2 Å². The van der Waals surface area contributed by atoms with E-state index >= 15 is 0 Å². The van der Waals surface area contributed by atoms with Crippen LogP contribution in [0.15, 0.2) is 24.3 Å². The number of unbranched alkanes of at least 4 members (excludes halogenated alkanes) is 1. The molecule has 6 nitrogen and oxygen atoms in total. The Morgan fingerprint density at radius 2 is 1.91 bits per heavy atom. The third-order valence-electron chi connectivity index (χ3n) is 5.35. The van der Waals surface area contributed by atoms with Gasteiger partial charge in [0.25, 0.3) is 0 Å². The molecule has 1 amide bonds. The highest BCUT2D eigenvalue weighted by atomic mass is 35.5. The van der Waals surface area contributed by atoms with Crippen LogP contribution in [0.3, 0.4) is 0 Å². The van der Waals surface area contributed by atoms with E-state index in [4.69, 9.17) is 21.7 Å². The monoisotopic (exact) mass is 479 g/mol. The number of rotatable bonds is 13. The molecule has 1 aromatic carbocycles. The van der Waals surface area contributed by atoms with E-state index in [1.807, 2.05) is 4.57 Å². The highest BCUT2D eigenvalue weighted by Gasteiger charge is 2.19. The number of carboxylic acids is 1. The van der Waals surface area contributed by atoms with Gasteiger partial charge in [-0.3, -0.25) is 4.79 Å². The maximum atomic E-state index is 12.5. The number of carbonyl (C=O) groups excluding carboxylic acids is 1. The number of carboxylic acid groups (broad SMARTS) is 1. The molecule has 0 aliphatic rings. The number of benzene rings is 1. The maximum Gasteiger partial charge on any atom is 0.335 e. The van der Waals surface area contributed by atoms with Crippen LogP contribution in [-0.4, -0.2) is 38.8 Å². The fourth-order valence-electron chi connectivity index (χ4n) is 3.59. The largest absolute Gasteiger partial charge is 0.478 e. The van der Waals surface area contributed by atoms with Crippen LogP contribution in [0, 0.1) is 11.8 Å². The predicted octanol–water partition coefficient (Wildman–Crippen LogP) is 4.88. The maximum absolute atomic E-state index is 12.5. The molecule has 8 heteroatoms. The van der Waals surface area contributed by atoms with Crippen molar-refractivity contribution in [2.75, 3.05) is 12.3 Å².